The number of nitrogens with zero attached hydrogens (tertiary/aromatic N) is 1. The second kappa shape index (κ2) is 14.2. The summed E-state index contributed by atoms with van der Waals surface area (Å²) in [4.78, 5) is 0. The molecule has 2 aromatic rings. The zero-order valence-electron chi connectivity index (χ0n) is 16.5. The normalized spacial score (nSPS) is 14.0. The molecule has 0 aliphatic carbocycles. The van der Waals surface area contributed by atoms with Crippen LogP contribution in [0.4, 0.5) is 0 Å². The minimum absolute atomic E-state index is 0. The molecular weight excluding hydrogens is 481 g/mol. The van der Waals surface area contributed by atoms with Crippen molar-refractivity contribution in [3.8, 4) is 0 Å². The fraction of sp³-hybridized carbons (Fsp3) is 0.381. The minimum atomic E-state index is -3.60. The predicted octanol–water partition coefficient (Wildman–Crippen LogP) is 6.80. The Labute approximate surface area is 185 Å². The van der Waals surface area contributed by atoms with Crippen LogP contribution in [0.1, 0.15) is 49.9 Å². The van der Waals surface area contributed by atoms with Gasteiger partial charge in [0.05, 0.1) is 10.0 Å². The molecule has 3 unspecified atom stereocenters. The van der Waals surface area contributed by atoms with Gasteiger partial charge < -0.3 is 17.9 Å². The topological polar surface area (TPSA) is 72.0 Å². The van der Waals surface area contributed by atoms with E-state index in [9.17, 15) is 8.42 Å². The van der Waals surface area contributed by atoms with Gasteiger partial charge in [-0.1, -0.05) is 98.5 Å². The fourth-order valence-corrected chi connectivity index (χ4v) is 4.52. The number of benzene rings is 2. The third-order valence-electron chi connectivity index (χ3n) is 4.17. The second-order valence-electron chi connectivity index (χ2n) is 6.49. The number of rotatable bonds is 9. The summed E-state index contributed by atoms with van der Waals surface area (Å²) in [5.74, 6) is 0.0992. The van der Waals surface area contributed by atoms with E-state index in [0.717, 1.165) is 24.0 Å². The first kappa shape index (κ1) is 27.2. The second-order valence-corrected chi connectivity index (χ2v) is 8.20. The van der Waals surface area contributed by atoms with Crippen LogP contribution in [0.2, 0.25) is 0 Å². The molecule has 0 fully saturated rings. The van der Waals surface area contributed by atoms with E-state index in [-0.39, 0.29) is 19.1 Å². The van der Waals surface area contributed by atoms with Crippen LogP contribution in [0.3, 0.4) is 0 Å². The number of hydrogen-bond donors (Lipinski definition) is 0. The molecule has 0 heterocycles. The maximum atomic E-state index is 12.6. The van der Waals surface area contributed by atoms with E-state index in [4.69, 9.17) is 5.73 Å². The molecule has 0 amide bonds. The molecule has 2 rings (SSSR count). The van der Waals surface area contributed by atoms with Crippen LogP contribution in [-0.4, -0.2) is 14.2 Å². The Bertz CT molecular complexity index is 746. The van der Waals surface area contributed by atoms with Gasteiger partial charge in [0.15, 0.2) is 0 Å². The van der Waals surface area contributed by atoms with Gasteiger partial charge in [0.25, 0.3) is 0 Å². The van der Waals surface area contributed by atoms with E-state index in [1.54, 1.807) is 0 Å². The average molecular weight is 510 g/mol. The molecule has 156 valence electrons. The van der Waals surface area contributed by atoms with Crippen molar-refractivity contribution >= 4 is 19.7 Å². The Morgan fingerprint density at radius 2 is 1.46 bits per heavy atom. The van der Waals surface area contributed by atoms with E-state index >= 15 is 0 Å². The van der Waals surface area contributed by atoms with Crippen LogP contribution < -0.4 is 0 Å². The van der Waals surface area contributed by atoms with Crippen molar-refractivity contribution in [2.45, 2.75) is 38.8 Å². The molecule has 2 aromatic carbocycles. The van der Waals surface area contributed by atoms with E-state index in [0.29, 0.717) is 0 Å². The maximum absolute atomic E-state index is 12.6. The molecule has 0 aromatic heterocycles. The monoisotopic (exact) mass is 510 g/mol. The van der Waals surface area contributed by atoms with Gasteiger partial charge in [0.1, 0.15) is 0 Å². The molecule has 0 saturated heterocycles. The zero-order valence-corrected chi connectivity index (χ0v) is 19.8. The molecule has 0 saturated carbocycles. The Balaban J connectivity index is 0.00000235. The molecule has 7 heteroatoms. The Morgan fingerprint density at radius 3 is 1.93 bits per heavy atom. The molecule has 3 atom stereocenters. The van der Waals surface area contributed by atoms with Crippen molar-refractivity contribution in [2.24, 2.45) is 5.92 Å². The van der Waals surface area contributed by atoms with E-state index in [2.05, 4.69) is 14.4 Å². The summed E-state index contributed by atoms with van der Waals surface area (Å²) in [5.41, 5.74) is 10.1. The van der Waals surface area contributed by atoms with E-state index in [1.807, 2.05) is 91.8 Å². The van der Waals surface area contributed by atoms with Crippen LogP contribution in [0.25, 0.3) is 10.5 Å². The SMILES string of the molecule is CCCC(C)CS(=O)(=O)[N-]C(c1ccccc1)C([NH-])c1ccccc1.[CH3-].[Cl][Ru+3]. The number of halogens is 1. The molecule has 0 aliphatic heterocycles. The van der Waals surface area contributed by atoms with Gasteiger partial charge in [-0.25, -0.2) is 8.42 Å². The molecule has 0 spiro atoms. The third-order valence-corrected chi connectivity index (χ3v) is 5.70. The fourth-order valence-electron chi connectivity index (χ4n) is 2.96. The Kier molecular flexibility index (Phi) is 13.8. The molecule has 1 N–H and O–H groups in total. The van der Waals surface area contributed by atoms with Gasteiger partial charge in [0.2, 0.25) is 0 Å². The van der Waals surface area contributed by atoms with Crippen molar-refractivity contribution in [1.82, 2.24) is 0 Å². The van der Waals surface area contributed by atoms with Gasteiger partial charge >= 0.3 is 27.0 Å². The summed E-state index contributed by atoms with van der Waals surface area (Å²) in [6.45, 7) is 3.98. The first-order chi connectivity index (χ1) is 12.9. The van der Waals surface area contributed by atoms with Gasteiger partial charge in [-0.15, -0.1) is 12.1 Å². The summed E-state index contributed by atoms with van der Waals surface area (Å²) >= 11 is 1.82. The number of nitrogens with one attached hydrogen (secondary N) is 1. The average Bonchev–Trinajstić information content (AvgIpc) is 2.68. The Hall–Kier alpha value is -0.777. The van der Waals surface area contributed by atoms with Gasteiger partial charge in [0, 0.05) is 5.75 Å². The summed E-state index contributed by atoms with van der Waals surface area (Å²) in [7, 11) is 0.970. The van der Waals surface area contributed by atoms with Crippen LogP contribution in [-0.2, 0) is 27.3 Å². The standard InChI is InChI=1S/C20H26N2O2S.CH3.ClH.Ru/c1-3-10-16(2)15-25(23,24)22-20(18-13-8-5-9-14-18)19(21)17-11-6-4-7-12-17;;;/h4-9,11-14,16,19-21H,3,10,15H2,1-2H3;1H3;1H;/q-2;-1;;+4/p-1. The summed E-state index contributed by atoms with van der Waals surface area (Å²) in [6.07, 6.45) is 1.80. The van der Waals surface area contributed by atoms with Crippen LogP contribution in [0, 0.1) is 13.3 Å². The van der Waals surface area contributed by atoms with Crippen LogP contribution >= 0.6 is 9.69 Å². The van der Waals surface area contributed by atoms with Gasteiger partial charge in [-0.05, 0) is 5.92 Å². The molecule has 4 nitrogen and oxygen atoms in total. The number of sulfonamides is 1. The number of hydrogen-bond acceptors (Lipinski definition) is 2. The molecule has 0 radical (unpaired) electrons. The first-order valence-electron chi connectivity index (χ1n) is 8.82. The summed E-state index contributed by atoms with van der Waals surface area (Å²) in [6, 6.07) is 17.0. The van der Waals surface area contributed by atoms with Gasteiger partial charge in [-0.3, -0.25) is 0 Å². The van der Waals surface area contributed by atoms with E-state index in [1.165, 1.54) is 0 Å². The van der Waals surface area contributed by atoms with Crippen molar-refractivity contribution < 1.29 is 25.7 Å². The zero-order chi connectivity index (χ0) is 20.3. The van der Waals surface area contributed by atoms with Crippen LogP contribution in [0.15, 0.2) is 60.7 Å². The first-order valence-corrected chi connectivity index (χ1v) is 12.7. The van der Waals surface area contributed by atoms with Crippen molar-refractivity contribution in [1.29, 1.82) is 0 Å². The van der Waals surface area contributed by atoms with Crippen molar-refractivity contribution in [3.05, 3.63) is 89.7 Å². The molecule has 0 aliphatic rings. The van der Waals surface area contributed by atoms with Crippen LogP contribution in [0.5, 0.6) is 0 Å². The predicted molar refractivity (Wildman–Crippen MR) is 116 cm³/mol. The molecule has 28 heavy (non-hydrogen) atoms. The molecular formula is C21H29ClN2O2RuS. The van der Waals surface area contributed by atoms with Gasteiger partial charge in [-0.2, -0.15) is 0 Å². The Morgan fingerprint density at radius 1 is 1.00 bits per heavy atom. The van der Waals surface area contributed by atoms with E-state index < -0.39 is 22.1 Å². The summed E-state index contributed by atoms with van der Waals surface area (Å²) in [5, 5.41) is 0. The quantitative estimate of drug-likeness (QED) is 0.275. The van der Waals surface area contributed by atoms with Crippen molar-refractivity contribution in [2.75, 3.05) is 5.75 Å². The third kappa shape index (κ3) is 9.15. The summed E-state index contributed by atoms with van der Waals surface area (Å²) < 4.78 is 29.3. The van der Waals surface area contributed by atoms with Crippen molar-refractivity contribution in [3.63, 3.8) is 0 Å². The molecule has 0 bridgehead atoms.